The number of aromatic nitrogens is 1. The smallest absolute Gasteiger partial charge is 0.213 e. The van der Waals surface area contributed by atoms with E-state index in [1.165, 1.54) is 12.3 Å². The molecule has 0 radical (unpaired) electrons. The number of nitrogens with one attached hydrogen (secondary N) is 1. The molecule has 0 fully saturated rings. The van der Waals surface area contributed by atoms with Crippen LogP contribution in [-0.2, 0) is 6.54 Å². The van der Waals surface area contributed by atoms with Gasteiger partial charge in [-0.25, -0.2) is 4.98 Å². The minimum absolute atomic E-state index is 0.0244. The third kappa shape index (κ3) is 3.98. The van der Waals surface area contributed by atoms with Gasteiger partial charge in [-0.2, -0.15) is 4.39 Å². The number of ether oxygens (including phenoxy) is 1. The second-order valence-corrected chi connectivity index (χ2v) is 4.79. The number of hydrogen-bond donors (Lipinski definition) is 1. The van der Waals surface area contributed by atoms with Gasteiger partial charge in [0.1, 0.15) is 5.75 Å². The predicted octanol–water partition coefficient (Wildman–Crippen LogP) is 2.89. The van der Waals surface area contributed by atoms with Crippen LogP contribution < -0.4 is 10.1 Å². The van der Waals surface area contributed by atoms with Crippen LogP contribution in [0.3, 0.4) is 0 Å². The summed E-state index contributed by atoms with van der Waals surface area (Å²) < 4.78 is 18.2. The lowest BCUT2D eigenvalue weighted by atomic mass is 10.2. The van der Waals surface area contributed by atoms with Crippen LogP contribution in [-0.4, -0.2) is 12.1 Å². The van der Waals surface area contributed by atoms with Crippen molar-refractivity contribution in [1.82, 2.24) is 10.3 Å². The van der Waals surface area contributed by atoms with E-state index < -0.39 is 5.95 Å². The van der Waals surface area contributed by atoms with Crippen molar-refractivity contribution in [2.24, 2.45) is 0 Å². The molecule has 3 nitrogen and oxygen atoms in total. The van der Waals surface area contributed by atoms with E-state index in [-0.39, 0.29) is 5.78 Å². The SMILES string of the molecule is COc1cccc(CNC(P)c2ccnc(F)c2)c1. The molecular formula is C14H16FN2OP. The number of rotatable bonds is 5. The lowest BCUT2D eigenvalue weighted by molar-refractivity contribution is 0.414. The molecule has 0 saturated carbocycles. The zero-order chi connectivity index (χ0) is 13.7. The van der Waals surface area contributed by atoms with Crippen molar-refractivity contribution < 1.29 is 9.13 Å². The number of nitrogens with zero attached hydrogens (tertiary/aromatic N) is 1. The van der Waals surface area contributed by atoms with Crippen LogP contribution in [0.2, 0.25) is 0 Å². The Balaban J connectivity index is 1.98. The summed E-state index contributed by atoms with van der Waals surface area (Å²) >= 11 is 0. The van der Waals surface area contributed by atoms with Gasteiger partial charge in [0.2, 0.25) is 5.95 Å². The summed E-state index contributed by atoms with van der Waals surface area (Å²) in [5, 5.41) is 3.31. The zero-order valence-electron chi connectivity index (χ0n) is 10.6. The van der Waals surface area contributed by atoms with Gasteiger partial charge in [0.05, 0.1) is 7.11 Å². The first kappa shape index (κ1) is 13.9. The normalized spacial score (nSPS) is 12.2. The molecule has 0 spiro atoms. The third-order valence-electron chi connectivity index (χ3n) is 2.77. The van der Waals surface area contributed by atoms with Gasteiger partial charge in [-0.15, -0.1) is 9.24 Å². The van der Waals surface area contributed by atoms with Crippen molar-refractivity contribution in [2.75, 3.05) is 7.11 Å². The maximum absolute atomic E-state index is 13.0. The summed E-state index contributed by atoms with van der Waals surface area (Å²) in [6.45, 7) is 0.676. The molecule has 1 aromatic carbocycles. The molecule has 0 aliphatic heterocycles. The van der Waals surface area contributed by atoms with Gasteiger partial charge in [-0.05, 0) is 35.4 Å². The van der Waals surface area contributed by atoms with E-state index in [0.29, 0.717) is 6.54 Å². The first-order valence-corrected chi connectivity index (χ1v) is 6.59. The average Bonchev–Trinajstić information content (AvgIpc) is 2.45. The number of pyridine rings is 1. The molecule has 0 aliphatic carbocycles. The molecule has 1 N–H and O–H groups in total. The van der Waals surface area contributed by atoms with Gasteiger partial charge in [-0.3, -0.25) is 0 Å². The fourth-order valence-electron chi connectivity index (χ4n) is 1.74. The van der Waals surface area contributed by atoms with Gasteiger partial charge in [0.15, 0.2) is 0 Å². The van der Waals surface area contributed by atoms with Crippen molar-refractivity contribution in [1.29, 1.82) is 0 Å². The summed E-state index contributed by atoms with van der Waals surface area (Å²) in [6, 6.07) is 11.0. The van der Waals surface area contributed by atoms with E-state index in [1.54, 1.807) is 13.2 Å². The van der Waals surface area contributed by atoms with E-state index in [4.69, 9.17) is 4.74 Å². The van der Waals surface area contributed by atoms with E-state index >= 15 is 0 Å². The highest BCUT2D eigenvalue weighted by molar-refractivity contribution is 7.17. The van der Waals surface area contributed by atoms with E-state index in [0.717, 1.165) is 16.9 Å². The van der Waals surface area contributed by atoms with Crippen molar-refractivity contribution in [3.63, 3.8) is 0 Å². The molecule has 2 atom stereocenters. The highest BCUT2D eigenvalue weighted by atomic mass is 31.0. The molecular weight excluding hydrogens is 262 g/mol. The van der Waals surface area contributed by atoms with Crippen LogP contribution in [0.25, 0.3) is 0 Å². The summed E-state index contributed by atoms with van der Waals surface area (Å²) in [5.41, 5.74) is 1.96. The maximum atomic E-state index is 13.0. The largest absolute Gasteiger partial charge is 0.497 e. The third-order valence-corrected chi connectivity index (χ3v) is 3.39. The maximum Gasteiger partial charge on any atom is 0.213 e. The van der Waals surface area contributed by atoms with Crippen molar-refractivity contribution in [3.8, 4) is 5.75 Å². The Bertz CT molecular complexity index is 550. The molecule has 2 unspecified atom stereocenters. The Morgan fingerprint density at radius 1 is 1.37 bits per heavy atom. The van der Waals surface area contributed by atoms with Crippen molar-refractivity contribution in [2.45, 2.75) is 12.3 Å². The topological polar surface area (TPSA) is 34.1 Å². The average molecular weight is 278 g/mol. The first-order valence-electron chi connectivity index (χ1n) is 5.92. The molecule has 2 rings (SSSR count). The molecule has 5 heteroatoms. The predicted molar refractivity (Wildman–Crippen MR) is 76.5 cm³/mol. The van der Waals surface area contributed by atoms with Crippen molar-refractivity contribution >= 4 is 9.24 Å². The van der Waals surface area contributed by atoms with E-state index in [2.05, 4.69) is 19.5 Å². The van der Waals surface area contributed by atoms with E-state index in [1.807, 2.05) is 24.3 Å². The number of hydrogen-bond acceptors (Lipinski definition) is 3. The fraction of sp³-hybridized carbons (Fsp3) is 0.214. The molecule has 19 heavy (non-hydrogen) atoms. The van der Waals surface area contributed by atoms with Gasteiger partial charge < -0.3 is 10.1 Å². The Labute approximate surface area is 114 Å². The monoisotopic (exact) mass is 278 g/mol. The molecule has 2 aromatic rings. The van der Waals surface area contributed by atoms with Gasteiger partial charge in [0.25, 0.3) is 0 Å². The summed E-state index contributed by atoms with van der Waals surface area (Å²) in [5.74, 6) is 0.339. The Hall–Kier alpha value is -1.51. The van der Waals surface area contributed by atoms with E-state index in [9.17, 15) is 4.39 Å². The fourth-order valence-corrected chi connectivity index (χ4v) is 2.06. The minimum atomic E-state index is -0.465. The zero-order valence-corrected chi connectivity index (χ0v) is 11.8. The second kappa shape index (κ2) is 6.60. The number of benzene rings is 1. The first-order chi connectivity index (χ1) is 9.19. The highest BCUT2D eigenvalue weighted by Crippen LogP contribution is 2.21. The summed E-state index contributed by atoms with van der Waals surface area (Å²) in [7, 11) is 4.30. The van der Waals surface area contributed by atoms with Crippen LogP contribution in [0.5, 0.6) is 5.75 Å². The standard InChI is InChI=1S/C14H16FN2OP/c1-18-12-4-2-3-10(7-12)9-17-14(19)11-5-6-16-13(15)8-11/h2-8,14,17H,9,19H2,1H3. The minimum Gasteiger partial charge on any atom is -0.497 e. The molecule has 100 valence electrons. The molecule has 0 saturated heterocycles. The highest BCUT2D eigenvalue weighted by Gasteiger charge is 2.06. The lowest BCUT2D eigenvalue weighted by Crippen LogP contribution is -2.16. The second-order valence-electron chi connectivity index (χ2n) is 4.12. The quantitative estimate of drug-likeness (QED) is 0.674. The molecule has 1 aromatic heterocycles. The van der Waals surface area contributed by atoms with Crippen LogP contribution >= 0.6 is 9.24 Å². The molecule has 0 aliphatic rings. The van der Waals surface area contributed by atoms with Crippen LogP contribution in [0.15, 0.2) is 42.6 Å². The lowest BCUT2D eigenvalue weighted by Gasteiger charge is -2.14. The summed E-state index contributed by atoms with van der Waals surface area (Å²) in [6.07, 6.45) is 1.47. The van der Waals surface area contributed by atoms with Gasteiger partial charge in [0, 0.05) is 18.5 Å². The Kier molecular flexibility index (Phi) is 4.83. The van der Waals surface area contributed by atoms with Crippen LogP contribution in [0.1, 0.15) is 16.9 Å². The Morgan fingerprint density at radius 2 is 2.21 bits per heavy atom. The Morgan fingerprint density at radius 3 is 2.95 bits per heavy atom. The summed E-state index contributed by atoms with van der Waals surface area (Å²) in [4.78, 5) is 3.54. The number of methoxy groups -OCH3 is 1. The van der Waals surface area contributed by atoms with Crippen LogP contribution in [0, 0.1) is 5.95 Å². The van der Waals surface area contributed by atoms with Crippen LogP contribution in [0.4, 0.5) is 4.39 Å². The van der Waals surface area contributed by atoms with Gasteiger partial charge in [-0.1, -0.05) is 12.1 Å². The number of halogens is 1. The van der Waals surface area contributed by atoms with Crippen molar-refractivity contribution in [3.05, 3.63) is 59.7 Å². The molecule has 0 bridgehead atoms. The molecule has 0 amide bonds. The van der Waals surface area contributed by atoms with Gasteiger partial charge >= 0.3 is 0 Å². The molecule has 1 heterocycles.